The van der Waals surface area contributed by atoms with Gasteiger partial charge in [-0.15, -0.1) is 0 Å². The summed E-state index contributed by atoms with van der Waals surface area (Å²) in [5, 5.41) is 8.01. The van der Waals surface area contributed by atoms with Crippen molar-refractivity contribution in [2.45, 2.75) is 12.2 Å². The van der Waals surface area contributed by atoms with Crippen molar-refractivity contribution in [3.8, 4) is 5.75 Å². The van der Waals surface area contributed by atoms with Gasteiger partial charge in [-0.25, -0.2) is 0 Å². The van der Waals surface area contributed by atoms with Gasteiger partial charge in [0.2, 0.25) is 0 Å². The van der Waals surface area contributed by atoms with Crippen LogP contribution in [-0.2, 0) is 0 Å². The maximum Gasteiger partial charge on any atom is 0.118 e. The number of anilines is 1. The molecule has 3 nitrogen and oxygen atoms in total. The average molecular weight is 351 g/mol. The minimum absolute atomic E-state index is 0.00443. The molecule has 1 aliphatic heterocycles. The van der Waals surface area contributed by atoms with Crippen molar-refractivity contribution in [3.63, 3.8) is 0 Å². The van der Waals surface area contributed by atoms with Crippen LogP contribution < -0.4 is 15.4 Å². The molecule has 0 saturated heterocycles. The first-order valence-electron chi connectivity index (χ1n) is 8.25. The Labute approximate surface area is 152 Å². The highest BCUT2D eigenvalue weighted by Crippen LogP contribution is 2.38. The summed E-state index contributed by atoms with van der Waals surface area (Å²) in [6.07, 6.45) is 0.00443. The lowest BCUT2D eigenvalue weighted by atomic mass is 9.93. The van der Waals surface area contributed by atoms with Crippen LogP contribution in [0.3, 0.4) is 0 Å². The Morgan fingerprint density at radius 1 is 0.880 bits per heavy atom. The molecule has 0 saturated carbocycles. The Morgan fingerprint density at radius 2 is 1.64 bits per heavy atom. The van der Waals surface area contributed by atoms with Crippen molar-refractivity contribution in [2.24, 2.45) is 0 Å². The lowest BCUT2D eigenvalue weighted by Gasteiger charge is -2.35. The summed E-state index contributed by atoms with van der Waals surface area (Å²) in [6, 6.07) is 24.6. The van der Waals surface area contributed by atoms with Gasteiger partial charge in [-0.3, -0.25) is 5.32 Å². The number of ether oxygens (including phenoxy) is 1. The number of hydrogen-bond donors (Lipinski definition) is 2. The maximum absolute atomic E-state index is 6.25. The van der Waals surface area contributed by atoms with Crippen LogP contribution in [0.25, 0.3) is 0 Å². The topological polar surface area (TPSA) is 33.3 Å². The summed E-state index contributed by atoms with van der Waals surface area (Å²) in [6.45, 7) is 0. The number of hydrogen-bond acceptors (Lipinski definition) is 3. The monoisotopic (exact) mass is 350 g/mol. The van der Waals surface area contributed by atoms with Crippen molar-refractivity contribution < 1.29 is 4.74 Å². The van der Waals surface area contributed by atoms with E-state index >= 15 is 0 Å². The molecule has 0 bridgehead atoms. The normalized spacial score (nSPS) is 19.0. The molecular weight excluding hydrogens is 332 g/mol. The van der Waals surface area contributed by atoms with E-state index in [1.54, 1.807) is 7.11 Å². The van der Waals surface area contributed by atoms with Crippen LogP contribution in [0, 0.1) is 0 Å². The zero-order valence-electron chi connectivity index (χ0n) is 13.9. The highest BCUT2D eigenvalue weighted by molar-refractivity contribution is 6.30. The van der Waals surface area contributed by atoms with E-state index in [2.05, 4.69) is 47.0 Å². The molecule has 0 radical (unpaired) electrons. The fourth-order valence-electron chi connectivity index (χ4n) is 3.25. The summed E-state index contributed by atoms with van der Waals surface area (Å²) in [7, 11) is 1.68. The SMILES string of the molecule is COc1ccc([C@H]2Nc3ccc(Cl)cc3[C@@H](c3ccccc3)N2)cc1. The number of rotatable bonds is 3. The predicted octanol–water partition coefficient (Wildman–Crippen LogP) is 5.15. The first kappa shape index (κ1) is 16.0. The van der Waals surface area contributed by atoms with Gasteiger partial charge in [0.1, 0.15) is 11.9 Å². The minimum Gasteiger partial charge on any atom is -0.497 e. The second-order valence-corrected chi connectivity index (χ2v) is 6.53. The molecule has 1 heterocycles. The molecule has 2 N–H and O–H groups in total. The molecule has 3 aromatic rings. The van der Waals surface area contributed by atoms with Gasteiger partial charge < -0.3 is 10.1 Å². The van der Waals surface area contributed by atoms with E-state index in [1.165, 1.54) is 5.56 Å². The highest BCUT2D eigenvalue weighted by Gasteiger charge is 2.27. The Kier molecular flexibility index (Phi) is 4.35. The molecule has 0 spiro atoms. The number of halogens is 1. The van der Waals surface area contributed by atoms with Crippen LogP contribution >= 0.6 is 11.6 Å². The van der Waals surface area contributed by atoms with Crippen LogP contribution in [0.15, 0.2) is 72.8 Å². The predicted molar refractivity (Wildman–Crippen MR) is 102 cm³/mol. The van der Waals surface area contributed by atoms with Crippen LogP contribution in [0.5, 0.6) is 5.75 Å². The van der Waals surface area contributed by atoms with E-state index in [0.717, 1.165) is 27.6 Å². The molecule has 0 amide bonds. The Bertz CT molecular complexity index is 865. The molecule has 0 aromatic heterocycles. The number of fused-ring (bicyclic) bond motifs is 1. The number of benzene rings is 3. The van der Waals surface area contributed by atoms with Gasteiger partial charge >= 0.3 is 0 Å². The largest absolute Gasteiger partial charge is 0.497 e. The molecule has 2 atom stereocenters. The van der Waals surface area contributed by atoms with Crippen molar-refractivity contribution in [1.82, 2.24) is 5.32 Å². The molecule has 126 valence electrons. The van der Waals surface area contributed by atoms with Crippen LogP contribution in [0.1, 0.15) is 28.9 Å². The Morgan fingerprint density at radius 3 is 2.36 bits per heavy atom. The van der Waals surface area contributed by atoms with Gasteiger partial charge in [0, 0.05) is 10.7 Å². The summed E-state index contributed by atoms with van der Waals surface area (Å²) in [4.78, 5) is 0. The van der Waals surface area contributed by atoms with E-state index in [-0.39, 0.29) is 12.2 Å². The lowest BCUT2D eigenvalue weighted by Crippen LogP contribution is -2.37. The van der Waals surface area contributed by atoms with E-state index in [9.17, 15) is 0 Å². The second-order valence-electron chi connectivity index (χ2n) is 6.09. The van der Waals surface area contributed by atoms with E-state index < -0.39 is 0 Å². The van der Waals surface area contributed by atoms with Crippen molar-refractivity contribution in [3.05, 3.63) is 94.5 Å². The lowest BCUT2D eigenvalue weighted by molar-refractivity contribution is 0.414. The summed E-state index contributed by atoms with van der Waals surface area (Å²) in [5.74, 6) is 0.853. The molecule has 3 aromatic carbocycles. The van der Waals surface area contributed by atoms with E-state index in [0.29, 0.717) is 0 Å². The molecule has 4 heteroatoms. The molecule has 0 fully saturated rings. The van der Waals surface area contributed by atoms with Crippen LogP contribution in [0.4, 0.5) is 5.69 Å². The molecule has 4 rings (SSSR count). The molecule has 0 unspecified atom stereocenters. The van der Waals surface area contributed by atoms with Gasteiger partial charge in [-0.05, 0) is 47.0 Å². The van der Waals surface area contributed by atoms with Gasteiger partial charge in [0.05, 0.1) is 13.2 Å². The third-order valence-electron chi connectivity index (χ3n) is 4.54. The maximum atomic E-state index is 6.25. The Balaban J connectivity index is 1.74. The third kappa shape index (κ3) is 3.21. The van der Waals surface area contributed by atoms with Gasteiger partial charge in [0.25, 0.3) is 0 Å². The standard InChI is InChI=1S/C21H19ClN2O/c1-25-17-10-7-15(8-11-17)21-23-19-12-9-16(22)13-18(19)20(24-21)14-5-3-2-4-6-14/h2-13,20-21,23-24H,1H3/t20-,21+/m1/s1. The summed E-state index contributed by atoms with van der Waals surface area (Å²) in [5.41, 5.74) is 4.62. The van der Waals surface area contributed by atoms with Crippen molar-refractivity contribution in [1.29, 1.82) is 0 Å². The molecular formula is C21H19ClN2O. The molecule has 1 aliphatic rings. The number of methoxy groups -OCH3 is 1. The summed E-state index contributed by atoms with van der Waals surface area (Å²) >= 11 is 6.25. The van der Waals surface area contributed by atoms with E-state index in [4.69, 9.17) is 16.3 Å². The highest BCUT2D eigenvalue weighted by atomic mass is 35.5. The van der Waals surface area contributed by atoms with Crippen LogP contribution in [-0.4, -0.2) is 7.11 Å². The van der Waals surface area contributed by atoms with E-state index in [1.807, 2.05) is 36.4 Å². The minimum atomic E-state index is 0.00443. The fourth-order valence-corrected chi connectivity index (χ4v) is 3.44. The first-order chi connectivity index (χ1) is 12.2. The zero-order chi connectivity index (χ0) is 17.2. The zero-order valence-corrected chi connectivity index (χ0v) is 14.6. The van der Waals surface area contributed by atoms with Crippen molar-refractivity contribution in [2.75, 3.05) is 12.4 Å². The smallest absolute Gasteiger partial charge is 0.118 e. The molecule has 0 aliphatic carbocycles. The Hall–Kier alpha value is -2.49. The van der Waals surface area contributed by atoms with Crippen molar-refractivity contribution >= 4 is 17.3 Å². The average Bonchev–Trinajstić information content (AvgIpc) is 2.68. The fraction of sp³-hybridized carbons (Fsp3) is 0.143. The van der Waals surface area contributed by atoms with Gasteiger partial charge in [0.15, 0.2) is 0 Å². The van der Waals surface area contributed by atoms with Gasteiger partial charge in [-0.1, -0.05) is 54.1 Å². The summed E-state index contributed by atoms with van der Waals surface area (Å²) < 4.78 is 5.26. The third-order valence-corrected chi connectivity index (χ3v) is 4.77. The van der Waals surface area contributed by atoms with Crippen LogP contribution in [0.2, 0.25) is 5.02 Å². The second kappa shape index (κ2) is 6.79. The van der Waals surface area contributed by atoms with Gasteiger partial charge in [-0.2, -0.15) is 0 Å². The molecule has 25 heavy (non-hydrogen) atoms. The quantitative estimate of drug-likeness (QED) is 0.685. The number of nitrogens with one attached hydrogen (secondary N) is 2. The first-order valence-corrected chi connectivity index (χ1v) is 8.63.